The van der Waals surface area contributed by atoms with Crippen LogP contribution in [0.2, 0.25) is 5.02 Å². The second-order valence-corrected chi connectivity index (χ2v) is 7.49. The standard InChI is InChI=1S/C24H23ClN2O/c1-17-8-13-23(18(2)16-17)28-15-5-14-27-22-7-4-3-6-21(22)26-24(27)19-9-11-20(25)12-10-19/h3-4,6-13,16H,5,14-15H2,1-2H3. The van der Waals surface area contributed by atoms with Gasteiger partial charge in [-0.15, -0.1) is 0 Å². The molecule has 0 radical (unpaired) electrons. The predicted octanol–water partition coefficient (Wildman–Crippen LogP) is 6.44. The van der Waals surface area contributed by atoms with Gasteiger partial charge in [0.05, 0.1) is 17.6 Å². The highest BCUT2D eigenvalue weighted by Crippen LogP contribution is 2.26. The van der Waals surface area contributed by atoms with E-state index in [1.54, 1.807) is 0 Å². The molecule has 0 fully saturated rings. The Morgan fingerprint density at radius 1 is 0.964 bits per heavy atom. The molecular weight excluding hydrogens is 368 g/mol. The van der Waals surface area contributed by atoms with Crippen LogP contribution in [-0.2, 0) is 6.54 Å². The molecule has 1 heterocycles. The van der Waals surface area contributed by atoms with Crippen LogP contribution < -0.4 is 4.74 Å². The van der Waals surface area contributed by atoms with Crippen molar-refractivity contribution in [2.75, 3.05) is 6.61 Å². The summed E-state index contributed by atoms with van der Waals surface area (Å²) in [5.41, 5.74) is 5.63. The Balaban J connectivity index is 1.54. The lowest BCUT2D eigenvalue weighted by atomic mass is 10.1. The van der Waals surface area contributed by atoms with Crippen molar-refractivity contribution in [2.24, 2.45) is 0 Å². The molecule has 3 aromatic carbocycles. The van der Waals surface area contributed by atoms with Crippen molar-refractivity contribution in [3.8, 4) is 17.1 Å². The molecule has 0 saturated heterocycles. The van der Waals surface area contributed by atoms with Gasteiger partial charge in [0.15, 0.2) is 0 Å². The van der Waals surface area contributed by atoms with Crippen LogP contribution in [0, 0.1) is 13.8 Å². The summed E-state index contributed by atoms with van der Waals surface area (Å²) in [6.07, 6.45) is 0.897. The zero-order valence-electron chi connectivity index (χ0n) is 16.2. The Kier molecular flexibility index (Phi) is 5.36. The zero-order valence-corrected chi connectivity index (χ0v) is 16.9. The first kappa shape index (κ1) is 18.6. The van der Waals surface area contributed by atoms with Gasteiger partial charge in [0.2, 0.25) is 0 Å². The quantitative estimate of drug-likeness (QED) is 0.354. The van der Waals surface area contributed by atoms with E-state index < -0.39 is 0 Å². The molecule has 142 valence electrons. The highest BCUT2D eigenvalue weighted by molar-refractivity contribution is 6.30. The van der Waals surface area contributed by atoms with E-state index in [9.17, 15) is 0 Å². The molecule has 0 N–H and O–H groups in total. The predicted molar refractivity (Wildman–Crippen MR) is 116 cm³/mol. The number of halogens is 1. The second kappa shape index (κ2) is 8.07. The number of imidazole rings is 1. The highest BCUT2D eigenvalue weighted by atomic mass is 35.5. The first-order chi connectivity index (χ1) is 13.6. The number of para-hydroxylation sites is 2. The minimum atomic E-state index is 0.663. The average Bonchev–Trinajstić information content (AvgIpc) is 3.06. The maximum atomic E-state index is 6.06. The maximum Gasteiger partial charge on any atom is 0.141 e. The van der Waals surface area contributed by atoms with E-state index in [-0.39, 0.29) is 0 Å². The number of hydrogen-bond acceptors (Lipinski definition) is 2. The van der Waals surface area contributed by atoms with Crippen LogP contribution in [0.1, 0.15) is 17.5 Å². The van der Waals surface area contributed by atoms with Gasteiger partial charge in [-0.2, -0.15) is 0 Å². The van der Waals surface area contributed by atoms with Crippen LogP contribution in [0.5, 0.6) is 5.75 Å². The van der Waals surface area contributed by atoms with E-state index in [1.165, 1.54) is 11.1 Å². The molecule has 1 aromatic heterocycles. The third-order valence-electron chi connectivity index (χ3n) is 4.87. The molecule has 0 spiro atoms. The van der Waals surface area contributed by atoms with Gasteiger partial charge in [-0.05, 0) is 68.3 Å². The van der Waals surface area contributed by atoms with E-state index >= 15 is 0 Å². The van der Waals surface area contributed by atoms with E-state index in [0.717, 1.165) is 46.2 Å². The second-order valence-electron chi connectivity index (χ2n) is 7.05. The number of aryl methyl sites for hydroxylation is 3. The number of rotatable bonds is 6. The van der Waals surface area contributed by atoms with Crippen molar-refractivity contribution < 1.29 is 4.74 Å². The molecule has 0 aliphatic rings. The molecule has 0 aliphatic carbocycles. The van der Waals surface area contributed by atoms with E-state index in [4.69, 9.17) is 21.3 Å². The molecule has 0 saturated carbocycles. The third kappa shape index (κ3) is 3.90. The van der Waals surface area contributed by atoms with Crippen molar-refractivity contribution in [2.45, 2.75) is 26.8 Å². The smallest absolute Gasteiger partial charge is 0.141 e. The molecule has 28 heavy (non-hydrogen) atoms. The van der Waals surface area contributed by atoms with Crippen LogP contribution >= 0.6 is 11.6 Å². The van der Waals surface area contributed by atoms with Gasteiger partial charge in [0, 0.05) is 17.1 Å². The lowest BCUT2D eigenvalue weighted by molar-refractivity contribution is 0.301. The normalized spacial score (nSPS) is 11.1. The zero-order chi connectivity index (χ0) is 19.5. The maximum absolute atomic E-state index is 6.06. The number of nitrogens with zero attached hydrogens (tertiary/aromatic N) is 2. The topological polar surface area (TPSA) is 27.1 Å². The third-order valence-corrected chi connectivity index (χ3v) is 5.12. The van der Waals surface area contributed by atoms with Gasteiger partial charge in [0.1, 0.15) is 11.6 Å². The Morgan fingerprint density at radius 3 is 2.54 bits per heavy atom. The molecule has 0 aliphatic heterocycles. The molecule has 3 nitrogen and oxygen atoms in total. The molecule has 0 unspecified atom stereocenters. The number of aromatic nitrogens is 2. The van der Waals surface area contributed by atoms with Crippen molar-refractivity contribution in [3.05, 3.63) is 82.9 Å². The summed E-state index contributed by atoms with van der Waals surface area (Å²) in [6.45, 7) is 5.68. The fourth-order valence-electron chi connectivity index (χ4n) is 3.49. The van der Waals surface area contributed by atoms with Gasteiger partial charge >= 0.3 is 0 Å². The van der Waals surface area contributed by atoms with Gasteiger partial charge in [-0.1, -0.05) is 41.4 Å². The fourth-order valence-corrected chi connectivity index (χ4v) is 3.61. The largest absolute Gasteiger partial charge is 0.493 e. The molecule has 0 bridgehead atoms. The van der Waals surface area contributed by atoms with E-state index in [2.05, 4.69) is 54.8 Å². The lowest BCUT2D eigenvalue weighted by Crippen LogP contribution is -2.06. The highest BCUT2D eigenvalue weighted by Gasteiger charge is 2.12. The van der Waals surface area contributed by atoms with Crippen molar-refractivity contribution in [1.82, 2.24) is 9.55 Å². The first-order valence-corrected chi connectivity index (χ1v) is 9.91. The molecule has 4 rings (SSSR count). The average molecular weight is 391 g/mol. The summed E-state index contributed by atoms with van der Waals surface area (Å²) in [4.78, 5) is 4.85. The summed E-state index contributed by atoms with van der Waals surface area (Å²) >= 11 is 6.06. The summed E-state index contributed by atoms with van der Waals surface area (Å²) in [6, 6.07) is 22.4. The molecule has 0 atom stereocenters. The lowest BCUT2D eigenvalue weighted by Gasteiger charge is -2.12. The van der Waals surface area contributed by atoms with Crippen LogP contribution in [0.3, 0.4) is 0 Å². The van der Waals surface area contributed by atoms with E-state index in [1.807, 2.05) is 30.3 Å². The van der Waals surface area contributed by atoms with Crippen LogP contribution in [0.15, 0.2) is 66.7 Å². The van der Waals surface area contributed by atoms with Gasteiger partial charge in [-0.25, -0.2) is 4.98 Å². The van der Waals surface area contributed by atoms with Gasteiger partial charge < -0.3 is 9.30 Å². The first-order valence-electron chi connectivity index (χ1n) is 9.53. The SMILES string of the molecule is Cc1ccc(OCCCn2c(-c3ccc(Cl)cc3)nc3ccccc32)c(C)c1. The van der Waals surface area contributed by atoms with Crippen molar-refractivity contribution in [1.29, 1.82) is 0 Å². The Morgan fingerprint density at radius 2 is 1.75 bits per heavy atom. The monoisotopic (exact) mass is 390 g/mol. The summed E-state index contributed by atoms with van der Waals surface area (Å²) in [5.74, 6) is 1.92. The Bertz CT molecular complexity index is 1100. The molecular formula is C24H23ClN2O. The van der Waals surface area contributed by atoms with Crippen LogP contribution in [0.4, 0.5) is 0 Å². The van der Waals surface area contributed by atoms with Gasteiger partial charge in [0.25, 0.3) is 0 Å². The van der Waals surface area contributed by atoms with Crippen molar-refractivity contribution >= 4 is 22.6 Å². The number of fused-ring (bicyclic) bond motifs is 1. The number of benzene rings is 3. The van der Waals surface area contributed by atoms with E-state index in [0.29, 0.717) is 6.61 Å². The van der Waals surface area contributed by atoms with Crippen LogP contribution in [-0.4, -0.2) is 16.2 Å². The van der Waals surface area contributed by atoms with Crippen molar-refractivity contribution in [3.63, 3.8) is 0 Å². The summed E-state index contributed by atoms with van der Waals surface area (Å²) < 4.78 is 8.28. The minimum absolute atomic E-state index is 0.663. The molecule has 0 amide bonds. The Hall–Kier alpha value is -2.78. The number of ether oxygens (including phenoxy) is 1. The number of hydrogen-bond donors (Lipinski definition) is 0. The fraction of sp³-hybridized carbons (Fsp3) is 0.208. The summed E-state index contributed by atoms with van der Waals surface area (Å²) in [7, 11) is 0. The summed E-state index contributed by atoms with van der Waals surface area (Å²) in [5, 5.41) is 0.730. The molecule has 4 aromatic rings. The Labute approximate surface area is 170 Å². The van der Waals surface area contributed by atoms with Crippen LogP contribution in [0.25, 0.3) is 22.4 Å². The van der Waals surface area contributed by atoms with Gasteiger partial charge in [-0.3, -0.25) is 0 Å². The molecule has 4 heteroatoms. The minimum Gasteiger partial charge on any atom is -0.493 e.